The number of hydrogen-bond donors (Lipinski definition) is 2. The van der Waals surface area contributed by atoms with Crippen LogP contribution in [0.2, 0.25) is 10.0 Å². The molecule has 0 aromatic heterocycles. The maximum atomic E-state index is 12.2. The molecule has 2 aromatic rings. The van der Waals surface area contributed by atoms with Crippen molar-refractivity contribution in [1.82, 2.24) is 10.9 Å². The van der Waals surface area contributed by atoms with Crippen LogP contribution in [0.25, 0.3) is 12.2 Å². The van der Waals surface area contributed by atoms with E-state index in [0.29, 0.717) is 10.0 Å². The summed E-state index contributed by atoms with van der Waals surface area (Å²) in [7, 11) is 0. The lowest BCUT2D eigenvalue weighted by molar-refractivity contribution is 0.241. The predicted octanol–water partition coefficient (Wildman–Crippen LogP) is 7.04. The van der Waals surface area contributed by atoms with Gasteiger partial charge in [0.1, 0.15) is 0 Å². The number of allylic oxidation sites excluding steroid dienone is 2. The van der Waals surface area contributed by atoms with Crippen LogP contribution in [-0.4, -0.2) is 17.5 Å². The number of nitrogens with zero attached hydrogens (tertiary/aromatic N) is 2. The third-order valence-corrected chi connectivity index (χ3v) is 4.89. The predicted molar refractivity (Wildman–Crippen MR) is 137 cm³/mol. The van der Waals surface area contributed by atoms with E-state index in [2.05, 4.69) is 21.1 Å². The van der Waals surface area contributed by atoms with Crippen LogP contribution in [0, 0.1) is 11.8 Å². The highest BCUT2D eigenvalue weighted by atomic mass is 35.5. The van der Waals surface area contributed by atoms with Crippen molar-refractivity contribution in [3.63, 3.8) is 0 Å². The zero-order chi connectivity index (χ0) is 23.5. The third-order valence-electron chi connectivity index (χ3n) is 4.39. The number of carbonyl (C=O) groups is 1. The Morgan fingerprint density at radius 2 is 1.06 bits per heavy atom. The maximum Gasteiger partial charge on any atom is 0.355 e. The monoisotopic (exact) mass is 470 g/mol. The van der Waals surface area contributed by atoms with Crippen LogP contribution < -0.4 is 10.9 Å². The highest BCUT2D eigenvalue weighted by molar-refractivity contribution is 6.30. The van der Waals surface area contributed by atoms with Crippen molar-refractivity contribution in [2.24, 2.45) is 22.0 Å². The minimum Gasteiger partial charge on any atom is -0.245 e. The van der Waals surface area contributed by atoms with Gasteiger partial charge in [-0.3, -0.25) is 0 Å². The molecule has 0 aliphatic rings. The van der Waals surface area contributed by atoms with Gasteiger partial charge in [-0.05, 0) is 59.4 Å². The zero-order valence-corrected chi connectivity index (χ0v) is 20.2. The summed E-state index contributed by atoms with van der Waals surface area (Å²) in [5.74, 6) is 0.242. The summed E-state index contributed by atoms with van der Waals surface area (Å²) < 4.78 is 0. The fraction of sp³-hybridized carbons (Fsp3) is 0.240. The Balaban J connectivity index is 2.01. The van der Waals surface area contributed by atoms with Crippen LogP contribution in [0.3, 0.4) is 0 Å². The van der Waals surface area contributed by atoms with Crippen LogP contribution in [0.15, 0.2) is 70.9 Å². The minimum atomic E-state index is -0.513. The minimum absolute atomic E-state index is 0.121. The largest absolute Gasteiger partial charge is 0.355 e. The number of benzene rings is 2. The lowest BCUT2D eigenvalue weighted by Gasteiger charge is -2.08. The van der Waals surface area contributed by atoms with Gasteiger partial charge in [-0.1, -0.05) is 87.3 Å². The molecule has 5 nitrogen and oxygen atoms in total. The summed E-state index contributed by atoms with van der Waals surface area (Å²) in [5.41, 5.74) is 8.45. The van der Waals surface area contributed by atoms with Crippen LogP contribution in [-0.2, 0) is 0 Å². The molecule has 2 N–H and O–H groups in total. The van der Waals surface area contributed by atoms with Gasteiger partial charge in [-0.15, -0.1) is 0 Å². The quantitative estimate of drug-likeness (QED) is 0.315. The van der Waals surface area contributed by atoms with Gasteiger partial charge in [0.05, 0.1) is 11.4 Å². The molecule has 7 heteroatoms. The standard InChI is InChI=1S/C25H28Cl2N4O/c1-17(2)23(15-9-19-5-11-21(26)12-6-19)28-30-25(32)31-29-24(18(3)4)16-10-20-7-13-22(27)14-8-20/h5-18H,1-4H3,(H2,30,31,32)/b15-9+,16-10+,28-23-,29-24-. The summed E-state index contributed by atoms with van der Waals surface area (Å²) in [6.45, 7) is 8.00. The Labute approximate surface area is 199 Å². The molecule has 0 unspecified atom stereocenters. The lowest BCUT2D eigenvalue weighted by Crippen LogP contribution is -2.31. The molecule has 0 atom stereocenters. The van der Waals surface area contributed by atoms with E-state index >= 15 is 0 Å². The molecule has 0 saturated carbocycles. The van der Waals surface area contributed by atoms with Crippen LogP contribution in [0.5, 0.6) is 0 Å². The zero-order valence-electron chi connectivity index (χ0n) is 18.6. The van der Waals surface area contributed by atoms with Gasteiger partial charge < -0.3 is 0 Å². The molecule has 0 spiro atoms. The Kier molecular flexibility index (Phi) is 10.2. The molecule has 0 saturated heterocycles. The molecular formula is C25H28Cl2N4O. The van der Waals surface area contributed by atoms with Gasteiger partial charge in [-0.2, -0.15) is 10.2 Å². The van der Waals surface area contributed by atoms with Gasteiger partial charge in [0, 0.05) is 10.0 Å². The summed E-state index contributed by atoms with van der Waals surface area (Å²) in [4.78, 5) is 12.2. The van der Waals surface area contributed by atoms with E-state index in [0.717, 1.165) is 22.6 Å². The molecule has 0 aliphatic carbocycles. The third kappa shape index (κ3) is 9.08. The molecular weight excluding hydrogens is 443 g/mol. The summed E-state index contributed by atoms with van der Waals surface area (Å²) in [5, 5.41) is 9.81. The van der Waals surface area contributed by atoms with Gasteiger partial charge in [0.2, 0.25) is 0 Å². The van der Waals surface area contributed by atoms with E-state index in [4.69, 9.17) is 23.2 Å². The van der Waals surface area contributed by atoms with Crippen molar-refractivity contribution < 1.29 is 4.79 Å². The molecule has 2 rings (SSSR count). The van der Waals surface area contributed by atoms with Gasteiger partial charge in [0.15, 0.2) is 0 Å². The molecule has 0 radical (unpaired) electrons. The average Bonchev–Trinajstić information content (AvgIpc) is 2.75. The number of amides is 2. The van der Waals surface area contributed by atoms with Gasteiger partial charge in [0.25, 0.3) is 0 Å². The highest BCUT2D eigenvalue weighted by Crippen LogP contribution is 2.12. The Bertz CT molecular complexity index is 924. The number of nitrogens with one attached hydrogen (secondary N) is 2. The topological polar surface area (TPSA) is 65.8 Å². The second-order valence-corrected chi connectivity index (χ2v) is 8.58. The molecule has 0 bridgehead atoms. The first-order chi connectivity index (χ1) is 15.2. The number of carbonyl (C=O) groups excluding carboxylic acids is 1. The maximum absolute atomic E-state index is 12.2. The van der Waals surface area contributed by atoms with Crippen molar-refractivity contribution in [1.29, 1.82) is 0 Å². The summed E-state index contributed by atoms with van der Waals surface area (Å²) in [6, 6.07) is 14.4. The van der Waals surface area contributed by atoms with E-state index < -0.39 is 6.03 Å². The molecule has 0 aliphatic heterocycles. The fourth-order valence-electron chi connectivity index (χ4n) is 2.48. The number of hydrazone groups is 2. The fourth-order valence-corrected chi connectivity index (χ4v) is 2.74. The Morgan fingerprint density at radius 1 is 0.719 bits per heavy atom. The smallest absolute Gasteiger partial charge is 0.245 e. The molecule has 32 heavy (non-hydrogen) atoms. The van der Waals surface area contributed by atoms with Crippen molar-refractivity contribution in [2.45, 2.75) is 27.7 Å². The molecule has 2 aromatic carbocycles. The first-order valence-corrected chi connectivity index (χ1v) is 11.1. The Hall–Kier alpha value is -2.89. The van der Waals surface area contributed by atoms with Crippen LogP contribution in [0.1, 0.15) is 38.8 Å². The van der Waals surface area contributed by atoms with E-state index in [1.165, 1.54) is 0 Å². The van der Waals surface area contributed by atoms with E-state index in [1.54, 1.807) is 0 Å². The molecule has 0 fully saturated rings. The van der Waals surface area contributed by atoms with Crippen molar-refractivity contribution >= 4 is 52.8 Å². The van der Waals surface area contributed by atoms with E-state index in [9.17, 15) is 4.79 Å². The SMILES string of the molecule is CC(C)C(/C=C/c1ccc(Cl)cc1)=N\NC(=O)N/N=C(/C=C/c1ccc(Cl)cc1)C(C)C. The summed E-state index contributed by atoms with van der Waals surface area (Å²) in [6.07, 6.45) is 7.58. The van der Waals surface area contributed by atoms with Crippen LogP contribution >= 0.6 is 23.2 Å². The van der Waals surface area contributed by atoms with Crippen molar-refractivity contribution in [3.8, 4) is 0 Å². The van der Waals surface area contributed by atoms with E-state index in [1.807, 2.05) is 101 Å². The highest BCUT2D eigenvalue weighted by Gasteiger charge is 2.06. The normalized spacial score (nSPS) is 12.9. The Morgan fingerprint density at radius 3 is 1.38 bits per heavy atom. The van der Waals surface area contributed by atoms with Crippen molar-refractivity contribution in [3.05, 3.63) is 81.9 Å². The number of halogens is 2. The van der Waals surface area contributed by atoms with Gasteiger partial charge in [-0.25, -0.2) is 15.6 Å². The molecule has 0 heterocycles. The average molecular weight is 471 g/mol. The number of urea groups is 1. The summed E-state index contributed by atoms with van der Waals surface area (Å²) >= 11 is 11.8. The number of hydrogen-bond acceptors (Lipinski definition) is 3. The van der Waals surface area contributed by atoms with Crippen LogP contribution in [0.4, 0.5) is 4.79 Å². The van der Waals surface area contributed by atoms with E-state index in [-0.39, 0.29) is 11.8 Å². The molecule has 168 valence electrons. The second-order valence-electron chi connectivity index (χ2n) is 7.71. The first-order valence-electron chi connectivity index (χ1n) is 10.3. The van der Waals surface area contributed by atoms with Crippen molar-refractivity contribution in [2.75, 3.05) is 0 Å². The molecule has 2 amide bonds. The van der Waals surface area contributed by atoms with Gasteiger partial charge >= 0.3 is 6.03 Å². The first kappa shape index (κ1) is 25.4. The number of rotatable bonds is 8. The second kappa shape index (κ2) is 12.8. The lowest BCUT2D eigenvalue weighted by atomic mass is 10.1.